The Kier molecular flexibility index (Phi) is 51.6. The molecule has 2 atom stereocenters. The average molecular weight is 360 g/mol. The van der Waals surface area contributed by atoms with Gasteiger partial charge in [-0.25, -0.2) is 0 Å². The van der Waals surface area contributed by atoms with Crippen LogP contribution in [0.1, 0.15) is 56.1 Å². The molecule has 0 radical (unpaired) electrons. The van der Waals surface area contributed by atoms with Gasteiger partial charge in [-0.1, -0.05) is 45.4 Å². The second-order valence-corrected chi connectivity index (χ2v) is 5.01. The third kappa shape index (κ3) is 42.9. The number of rotatable bonds is 9. The van der Waals surface area contributed by atoms with Crippen molar-refractivity contribution in [3.05, 3.63) is 0 Å². The van der Waals surface area contributed by atoms with Crippen LogP contribution in [0.25, 0.3) is 0 Å². The number of hydrogen-bond acceptors (Lipinski definition) is 4. The first-order valence-corrected chi connectivity index (χ1v) is 7.91. The van der Waals surface area contributed by atoms with E-state index in [-0.39, 0.29) is 93.0 Å². The van der Waals surface area contributed by atoms with E-state index in [1.165, 1.54) is 38.5 Å². The summed E-state index contributed by atoms with van der Waals surface area (Å²) in [4.78, 5) is 15.3. The van der Waals surface area contributed by atoms with Crippen LogP contribution < -0.4 is 88.7 Å². The van der Waals surface area contributed by atoms with Crippen LogP contribution in [0, 0.1) is 0 Å². The molecular formula is C9H25Na3O6P2+2. The standard InChI is InChI=1S/C9H20O.3Na.O5P2.3H/c1-2-3-4-5-6-7-8-9-10;;;;1-6(2)5-7(3)4;;;/h10H,2-9H2,1H3;;;;;;;/q;3*+1;;3*-1/p+2. The molecule has 3 N–H and O–H groups in total. The zero-order chi connectivity index (χ0) is 13.5. The van der Waals surface area contributed by atoms with Gasteiger partial charge in [0.2, 0.25) is 0 Å². The summed E-state index contributed by atoms with van der Waals surface area (Å²) >= 11 is 0. The van der Waals surface area contributed by atoms with Crippen LogP contribution in [0.15, 0.2) is 0 Å². The van der Waals surface area contributed by atoms with Crippen molar-refractivity contribution in [1.82, 2.24) is 0 Å². The van der Waals surface area contributed by atoms with Gasteiger partial charge >= 0.3 is 105 Å². The van der Waals surface area contributed by atoms with Crippen molar-refractivity contribution >= 4 is 16.5 Å². The van der Waals surface area contributed by atoms with E-state index in [1.807, 2.05) is 0 Å². The molecule has 0 aliphatic heterocycles. The maximum Gasteiger partial charge on any atom is 1.00 e. The number of aliphatic hydroxyl groups excluding tert-OH is 1. The number of hydrogen-bond donors (Lipinski definition) is 3. The molecule has 0 fully saturated rings. The molecule has 0 aromatic heterocycles. The molecule has 0 heterocycles. The van der Waals surface area contributed by atoms with Crippen molar-refractivity contribution in [2.45, 2.75) is 51.9 Å². The fraction of sp³-hybridized carbons (Fsp3) is 1.00. The van der Waals surface area contributed by atoms with E-state index in [0.717, 1.165) is 6.42 Å². The molecule has 0 rings (SSSR count). The first-order chi connectivity index (χ1) is 8.04. The Morgan fingerprint density at radius 2 is 1.20 bits per heavy atom. The zero-order valence-electron chi connectivity index (χ0n) is 16.1. The normalized spacial score (nSPS) is 9.80. The van der Waals surface area contributed by atoms with Crippen LogP contribution in [-0.2, 0) is 13.4 Å². The Morgan fingerprint density at radius 3 is 1.45 bits per heavy atom. The van der Waals surface area contributed by atoms with Gasteiger partial charge < -0.3 is 9.39 Å². The topological polar surface area (TPSA) is 104 Å². The molecule has 0 aromatic rings. The molecule has 0 aliphatic carbocycles. The summed E-state index contributed by atoms with van der Waals surface area (Å²) in [5.41, 5.74) is 0. The predicted octanol–water partition coefficient (Wildman–Crippen LogP) is -5.62. The minimum absolute atomic E-state index is 0. The van der Waals surface area contributed by atoms with E-state index < -0.39 is 16.5 Å². The summed E-state index contributed by atoms with van der Waals surface area (Å²) in [6.45, 7) is 2.60. The van der Waals surface area contributed by atoms with E-state index in [0.29, 0.717) is 6.61 Å². The molecule has 6 nitrogen and oxygen atoms in total. The largest absolute Gasteiger partial charge is 1.00 e. The van der Waals surface area contributed by atoms with E-state index in [4.69, 9.17) is 14.9 Å². The van der Waals surface area contributed by atoms with Crippen LogP contribution >= 0.6 is 16.5 Å². The van der Waals surface area contributed by atoms with Crippen molar-refractivity contribution in [3.8, 4) is 0 Å². The monoisotopic (exact) mass is 360 g/mol. The zero-order valence-corrected chi connectivity index (χ0v) is 20.9. The summed E-state index contributed by atoms with van der Waals surface area (Å²) in [7, 11) is -5.85. The Labute approximate surface area is 194 Å². The Bertz CT molecular complexity index is 205. The smallest absolute Gasteiger partial charge is 1.00 e. The Balaban J connectivity index is -0.0000000267. The second-order valence-electron chi connectivity index (χ2n) is 3.40. The van der Waals surface area contributed by atoms with E-state index >= 15 is 0 Å². The van der Waals surface area contributed by atoms with Crippen molar-refractivity contribution in [2.24, 2.45) is 0 Å². The minimum Gasteiger partial charge on any atom is -1.00 e. The van der Waals surface area contributed by atoms with Crippen LogP contribution in [-0.4, -0.2) is 21.5 Å². The fourth-order valence-corrected chi connectivity index (χ4v) is 1.61. The van der Waals surface area contributed by atoms with Gasteiger partial charge in [-0.2, -0.15) is 0 Å². The molecule has 20 heavy (non-hydrogen) atoms. The van der Waals surface area contributed by atoms with E-state index in [9.17, 15) is 9.13 Å². The summed E-state index contributed by atoms with van der Waals surface area (Å²) < 4.78 is 22.2. The SMILES string of the molecule is CCCCCCCCCO.O=[P+](O)O[P+](=O)O.[H-].[H-].[H-].[Na+].[Na+].[Na+]. The third-order valence-corrected chi connectivity index (χ3v) is 3.02. The number of unbranched alkanes of at least 4 members (excludes halogenated alkanes) is 6. The summed E-state index contributed by atoms with van der Waals surface area (Å²) in [5, 5.41) is 8.47. The van der Waals surface area contributed by atoms with Crippen LogP contribution in [0.3, 0.4) is 0 Å². The quantitative estimate of drug-likeness (QED) is 0.215. The fourth-order valence-electron chi connectivity index (χ4n) is 1.13. The summed E-state index contributed by atoms with van der Waals surface area (Å²) in [5.74, 6) is 0. The molecule has 0 aliphatic rings. The molecule has 108 valence electrons. The average Bonchev–Trinajstić information content (AvgIpc) is 2.22. The molecule has 0 saturated heterocycles. The predicted molar refractivity (Wildman–Crippen MR) is 69.2 cm³/mol. The van der Waals surface area contributed by atoms with Gasteiger partial charge in [-0.15, -0.1) is 9.79 Å². The van der Waals surface area contributed by atoms with E-state index in [1.54, 1.807) is 0 Å². The summed E-state index contributed by atoms with van der Waals surface area (Å²) in [6.07, 6.45) is 8.93. The van der Waals surface area contributed by atoms with Gasteiger partial charge in [-0.05, 0) is 6.42 Å². The molecule has 0 bridgehead atoms. The maximum atomic E-state index is 9.39. The van der Waals surface area contributed by atoms with E-state index in [2.05, 4.69) is 11.2 Å². The molecule has 0 saturated carbocycles. The van der Waals surface area contributed by atoms with Gasteiger partial charge in [0.05, 0.1) is 0 Å². The van der Waals surface area contributed by atoms with Gasteiger partial charge in [0, 0.05) is 15.7 Å². The number of aliphatic hydroxyl groups is 1. The van der Waals surface area contributed by atoms with Crippen molar-refractivity contribution in [2.75, 3.05) is 6.61 Å². The summed E-state index contributed by atoms with van der Waals surface area (Å²) in [6, 6.07) is 0. The molecule has 0 spiro atoms. The minimum atomic E-state index is -2.92. The van der Waals surface area contributed by atoms with Gasteiger partial charge in [0.15, 0.2) is 4.31 Å². The van der Waals surface area contributed by atoms with Crippen LogP contribution in [0.4, 0.5) is 0 Å². The van der Waals surface area contributed by atoms with Gasteiger partial charge in [0.25, 0.3) is 0 Å². The Hall–Kier alpha value is 3.04. The van der Waals surface area contributed by atoms with Crippen LogP contribution in [0.5, 0.6) is 0 Å². The van der Waals surface area contributed by atoms with Crippen molar-refractivity contribution in [1.29, 1.82) is 0 Å². The molecule has 11 heteroatoms. The maximum absolute atomic E-state index is 9.39. The molecule has 2 unspecified atom stereocenters. The van der Waals surface area contributed by atoms with Crippen molar-refractivity contribution < 1.29 is 121 Å². The molecule has 0 amide bonds. The molecular weight excluding hydrogens is 335 g/mol. The van der Waals surface area contributed by atoms with Crippen LogP contribution in [0.2, 0.25) is 0 Å². The molecule has 0 aromatic carbocycles. The first-order valence-electron chi connectivity index (χ1n) is 5.65. The first kappa shape index (κ1) is 34.4. The van der Waals surface area contributed by atoms with Gasteiger partial charge in [-0.3, -0.25) is 0 Å². The third-order valence-electron chi connectivity index (χ3n) is 1.90. The van der Waals surface area contributed by atoms with Gasteiger partial charge in [0.1, 0.15) is 0 Å². The Morgan fingerprint density at radius 1 is 0.850 bits per heavy atom. The second kappa shape index (κ2) is 30.0. The van der Waals surface area contributed by atoms with Crippen molar-refractivity contribution in [3.63, 3.8) is 0 Å².